The van der Waals surface area contributed by atoms with E-state index in [1.165, 1.54) is 6.07 Å². The molecule has 0 atom stereocenters. The number of aromatic hydroxyl groups is 1. The molecule has 0 aromatic heterocycles. The number of amides is 1. The SMILES string of the molecule is CCCCCC(=O)NC(=S)Nc1cccc(O)c1. The first-order valence-corrected chi connectivity index (χ1v) is 6.42. The minimum Gasteiger partial charge on any atom is -0.508 e. The van der Waals surface area contributed by atoms with Gasteiger partial charge in [0, 0.05) is 18.2 Å². The number of thiocarbonyl (C=S) groups is 1. The molecule has 3 N–H and O–H groups in total. The van der Waals surface area contributed by atoms with Crippen molar-refractivity contribution in [2.45, 2.75) is 32.6 Å². The van der Waals surface area contributed by atoms with E-state index in [9.17, 15) is 9.90 Å². The van der Waals surface area contributed by atoms with Gasteiger partial charge in [0.2, 0.25) is 5.91 Å². The number of hydrogen-bond acceptors (Lipinski definition) is 3. The van der Waals surface area contributed by atoms with Crippen LogP contribution >= 0.6 is 12.2 Å². The number of nitrogens with one attached hydrogen (secondary N) is 2. The first-order chi connectivity index (χ1) is 8.61. The first kappa shape index (κ1) is 14.4. The van der Waals surface area contributed by atoms with Crippen LogP contribution < -0.4 is 10.6 Å². The Labute approximate surface area is 112 Å². The molecule has 0 aliphatic carbocycles. The monoisotopic (exact) mass is 266 g/mol. The molecule has 5 heteroatoms. The number of carbonyl (C=O) groups is 1. The topological polar surface area (TPSA) is 61.4 Å². The highest BCUT2D eigenvalue weighted by Crippen LogP contribution is 2.15. The average Bonchev–Trinajstić information content (AvgIpc) is 2.29. The molecule has 4 nitrogen and oxygen atoms in total. The molecule has 0 unspecified atom stereocenters. The Balaban J connectivity index is 2.35. The van der Waals surface area contributed by atoms with Crippen LogP contribution in [0.1, 0.15) is 32.6 Å². The Kier molecular flexibility index (Phi) is 6.14. The van der Waals surface area contributed by atoms with Gasteiger partial charge in [-0.1, -0.05) is 25.8 Å². The Hall–Kier alpha value is -1.62. The zero-order valence-electron chi connectivity index (χ0n) is 10.4. The summed E-state index contributed by atoms with van der Waals surface area (Å²) in [5, 5.41) is 15.0. The molecule has 0 heterocycles. The van der Waals surface area contributed by atoms with Crippen molar-refractivity contribution in [1.29, 1.82) is 0 Å². The summed E-state index contributed by atoms with van der Waals surface area (Å²) in [6, 6.07) is 6.56. The van der Waals surface area contributed by atoms with Crippen molar-refractivity contribution in [2.24, 2.45) is 0 Å². The van der Waals surface area contributed by atoms with Gasteiger partial charge in [0.15, 0.2) is 5.11 Å². The quantitative estimate of drug-likeness (QED) is 0.566. The molecule has 0 saturated heterocycles. The van der Waals surface area contributed by atoms with Crippen molar-refractivity contribution < 1.29 is 9.90 Å². The largest absolute Gasteiger partial charge is 0.508 e. The van der Waals surface area contributed by atoms with Gasteiger partial charge in [-0.25, -0.2) is 0 Å². The first-order valence-electron chi connectivity index (χ1n) is 6.01. The summed E-state index contributed by atoms with van der Waals surface area (Å²) < 4.78 is 0. The summed E-state index contributed by atoms with van der Waals surface area (Å²) in [5.74, 6) is 0.0678. The molecule has 0 bridgehead atoms. The van der Waals surface area contributed by atoms with E-state index in [1.807, 2.05) is 0 Å². The number of carbonyl (C=O) groups excluding carboxylic acids is 1. The standard InChI is InChI=1S/C13H18N2O2S/c1-2-3-4-8-12(17)15-13(18)14-10-6-5-7-11(16)9-10/h5-7,9,16H,2-4,8H2,1H3,(H2,14,15,17,18). The summed E-state index contributed by atoms with van der Waals surface area (Å²) in [6.45, 7) is 2.09. The molecular formula is C13H18N2O2S. The van der Waals surface area contributed by atoms with Gasteiger partial charge in [0.05, 0.1) is 0 Å². The van der Waals surface area contributed by atoms with E-state index in [4.69, 9.17) is 12.2 Å². The summed E-state index contributed by atoms with van der Waals surface area (Å²) >= 11 is 5.01. The van der Waals surface area contributed by atoms with Gasteiger partial charge in [0.25, 0.3) is 0 Å². The lowest BCUT2D eigenvalue weighted by Gasteiger charge is -2.09. The van der Waals surface area contributed by atoms with Gasteiger partial charge >= 0.3 is 0 Å². The summed E-state index contributed by atoms with van der Waals surface area (Å²) in [7, 11) is 0. The summed E-state index contributed by atoms with van der Waals surface area (Å²) in [4.78, 5) is 11.5. The zero-order chi connectivity index (χ0) is 13.4. The predicted molar refractivity (Wildman–Crippen MR) is 76.6 cm³/mol. The highest BCUT2D eigenvalue weighted by atomic mass is 32.1. The van der Waals surface area contributed by atoms with E-state index in [-0.39, 0.29) is 16.8 Å². The van der Waals surface area contributed by atoms with Crippen LogP contribution in [0.4, 0.5) is 5.69 Å². The normalized spacial score (nSPS) is 9.83. The van der Waals surface area contributed by atoms with Gasteiger partial charge in [-0.2, -0.15) is 0 Å². The molecule has 0 aliphatic heterocycles. The zero-order valence-corrected chi connectivity index (χ0v) is 11.2. The van der Waals surface area contributed by atoms with E-state index in [1.54, 1.807) is 18.2 Å². The van der Waals surface area contributed by atoms with Crippen LogP contribution in [0.2, 0.25) is 0 Å². The average molecular weight is 266 g/mol. The van der Waals surface area contributed by atoms with Gasteiger partial charge in [0.1, 0.15) is 5.75 Å². The van der Waals surface area contributed by atoms with Gasteiger partial charge in [-0.3, -0.25) is 4.79 Å². The van der Waals surface area contributed by atoms with Crippen LogP contribution in [0.25, 0.3) is 0 Å². The van der Waals surface area contributed by atoms with Crippen molar-refractivity contribution in [3.8, 4) is 5.75 Å². The molecular weight excluding hydrogens is 248 g/mol. The summed E-state index contributed by atoms with van der Waals surface area (Å²) in [5.41, 5.74) is 0.647. The van der Waals surface area contributed by atoms with Crippen molar-refractivity contribution in [2.75, 3.05) is 5.32 Å². The van der Waals surface area contributed by atoms with Crippen molar-refractivity contribution in [1.82, 2.24) is 5.32 Å². The Morgan fingerprint density at radius 3 is 2.83 bits per heavy atom. The lowest BCUT2D eigenvalue weighted by molar-refractivity contribution is -0.119. The molecule has 1 aromatic carbocycles. The van der Waals surface area contributed by atoms with Crippen LogP contribution in [-0.2, 0) is 4.79 Å². The Bertz CT molecular complexity index is 421. The second-order valence-electron chi connectivity index (χ2n) is 4.01. The second kappa shape index (κ2) is 7.66. The maximum absolute atomic E-state index is 11.5. The Morgan fingerprint density at radius 2 is 2.17 bits per heavy atom. The fourth-order valence-electron chi connectivity index (χ4n) is 1.47. The van der Waals surface area contributed by atoms with Gasteiger partial charge < -0.3 is 15.7 Å². The molecule has 0 saturated carbocycles. The third kappa shape index (κ3) is 5.63. The van der Waals surface area contributed by atoms with Crippen molar-refractivity contribution in [3.05, 3.63) is 24.3 Å². The smallest absolute Gasteiger partial charge is 0.226 e. The molecule has 0 fully saturated rings. The number of phenols is 1. The fraction of sp³-hybridized carbons (Fsp3) is 0.385. The molecule has 0 spiro atoms. The van der Waals surface area contributed by atoms with E-state index >= 15 is 0 Å². The third-order valence-corrected chi connectivity index (χ3v) is 2.57. The lowest BCUT2D eigenvalue weighted by atomic mass is 10.2. The highest BCUT2D eigenvalue weighted by Gasteiger charge is 2.04. The summed E-state index contributed by atoms with van der Waals surface area (Å²) in [6.07, 6.45) is 3.48. The fourth-order valence-corrected chi connectivity index (χ4v) is 1.70. The van der Waals surface area contributed by atoms with Crippen molar-refractivity contribution >= 4 is 28.9 Å². The van der Waals surface area contributed by atoms with Gasteiger partial charge in [-0.15, -0.1) is 0 Å². The lowest BCUT2D eigenvalue weighted by Crippen LogP contribution is -2.33. The number of phenolic OH excluding ortho intramolecular Hbond substituents is 1. The van der Waals surface area contributed by atoms with Crippen LogP contribution in [0, 0.1) is 0 Å². The van der Waals surface area contributed by atoms with Gasteiger partial charge in [-0.05, 0) is 30.8 Å². The molecule has 0 radical (unpaired) electrons. The number of rotatable bonds is 5. The maximum Gasteiger partial charge on any atom is 0.226 e. The van der Waals surface area contributed by atoms with E-state index < -0.39 is 0 Å². The predicted octanol–water partition coefficient (Wildman–Crippen LogP) is 2.79. The number of hydrogen-bond donors (Lipinski definition) is 3. The molecule has 98 valence electrons. The molecule has 1 rings (SSSR count). The second-order valence-corrected chi connectivity index (χ2v) is 4.42. The molecule has 1 amide bonds. The third-order valence-electron chi connectivity index (χ3n) is 2.36. The molecule has 0 aliphatic rings. The molecule has 18 heavy (non-hydrogen) atoms. The Morgan fingerprint density at radius 1 is 1.39 bits per heavy atom. The minimum absolute atomic E-state index is 0.0823. The van der Waals surface area contributed by atoms with Crippen LogP contribution in [0.5, 0.6) is 5.75 Å². The number of unbranched alkanes of at least 4 members (excludes halogenated alkanes) is 2. The van der Waals surface area contributed by atoms with E-state index in [2.05, 4.69) is 17.6 Å². The maximum atomic E-state index is 11.5. The number of benzene rings is 1. The van der Waals surface area contributed by atoms with Crippen molar-refractivity contribution in [3.63, 3.8) is 0 Å². The van der Waals surface area contributed by atoms with Crippen LogP contribution in [0.15, 0.2) is 24.3 Å². The van der Waals surface area contributed by atoms with E-state index in [0.717, 1.165) is 19.3 Å². The van der Waals surface area contributed by atoms with Crippen LogP contribution in [0.3, 0.4) is 0 Å². The minimum atomic E-state index is -0.0823. The number of anilines is 1. The van der Waals surface area contributed by atoms with E-state index in [0.29, 0.717) is 12.1 Å². The van der Waals surface area contributed by atoms with Crippen LogP contribution in [-0.4, -0.2) is 16.1 Å². The molecule has 1 aromatic rings. The highest BCUT2D eigenvalue weighted by molar-refractivity contribution is 7.80.